The summed E-state index contributed by atoms with van der Waals surface area (Å²) in [6.07, 6.45) is 7.75. The Bertz CT molecular complexity index is 280. The second-order valence-electron chi connectivity index (χ2n) is 4.18. The van der Waals surface area contributed by atoms with E-state index in [1.54, 1.807) is 0 Å². The first kappa shape index (κ1) is 10.6. The van der Waals surface area contributed by atoms with Crippen molar-refractivity contribution < 1.29 is 0 Å². The Kier molecular flexibility index (Phi) is 3.69. The average Bonchev–Trinajstić information content (AvgIpc) is 2.31. The predicted molar refractivity (Wildman–Crippen MR) is 61.2 cm³/mol. The molecule has 0 radical (unpaired) electrons. The molecule has 2 rings (SSSR count). The van der Waals surface area contributed by atoms with E-state index in [-0.39, 0.29) is 0 Å². The molecule has 1 unspecified atom stereocenters. The normalized spacial score (nSPS) is 20.1. The minimum absolute atomic E-state index is 0.358. The van der Waals surface area contributed by atoms with Gasteiger partial charge in [0, 0.05) is 31.5 Å². The number of pyridine rings is 1. The summed E-state index contributed by atoms with van der Waals surface area (Å²) in [6, 6.07) is 4.47. The number of piperidine rings is 1. The van der Waals surface area contributed by atoms with Crippen LogP contribution in [0.1, 0.15) is 37.8 Å². The zero-order valence-corrected chi connectivity index (χ0v) is 9.32. The first-order valence-corrected chi connectivity index (χ1v) is 5.77. The third-order valence-corrected chi connectivity index (χ3v) is 2.92. The van der Waals surface area contributed by atoms with Crippen LogP contribution < -0.4 is 5.43 Å². The molecule has 2 heterocycles. The third kappa shape index (κ3) is 3.01. The molecule has 3 nitrogen and oxygen atoms in total. The minimum atomic E-state index is 0.358. The molecule has 0 saturated carbocycles. The van der Waals surface area contributed by atoms with Crippen LogP contribution in [0.25, 0.3) is 0 Å². The largest absolute Gasteiger partial charge is 0.264 e. The molecule has 1 fully saturated rings. The molecular weight excluding hydrogens is 186 g/mol. The van der Waals surface area contributed by atoms with Crippen LogP contribution in [0.4, 0.5) is 0 Å². The fourth-order valence-corrected chi connectivity index (χ4v) is 2.00. The summed E-state index contributed by atoms with van der Waals surface area (Å²) in [5.41, 5.74) is 4.78. The van der Waals surface area contributed by atoms with Crippen molar-refractivity contribution in [3.05, 3.63) is 30.1 Å². The predicted octanol–water partition coefficient (Wildman–Crippen LogP) is 2.13. The monoisotopic (exact) mass is 205 g/mol. The summed E-state index contributed by atoms with van der Waals surface area (Å²) in [5.74, 6) is 0. The lowest BCUT2D eigenvalue weighted by molar-refractivity contribution is 0.133. The fraction of sp³-hybridized carbons (Fsp3) is 0.583. The van der Waals surface area contributed by atoms with E-state index >= 15 is 0 Å². The van der Waals surface area contributed by atoms with Crippen molar-refractivity contribution in [2.24, 2.45) is 0 Å². The van der Waals surface area contributed by atoms with Gasteiger partial charge in [-0.1, -0.05) is 12.5 Å². The molecule has 1 atom stereocenters. The van der Waals surface area contributed by atoms with Crippen molar-refractivity contribution in [3.8, 4) is 0 Å². The Labute approximate surface area is 91.5 Å². The van der Waals surface area contributed by atoms with E-state index in [9.17, 15) is 0 Å². The summed E-state index contributed by atoms with van der Waals surface area (Å²) >= 11 is 0. The van der Waals surface area contributed by atoms with Gasteiger partial charge in [-0.3, -0.25) is 4.98 Å². The summed E-state index contributed by atoms with van der Waals surface area (Å²) in [5, 5.41) is 2.33. The summed E-state index contributed by atoms with van der Waals surface area (Å²) in [7, 11) is 0. The second-order valence-corrected chi connectivity index (χ2v) is 4.18. The number of nitrogens with one attached hydrogen (secondary N) is 1. The number of hydrogen-bond acceptors (Lipinski definition) is 3. The van der Waals surface area contributed by atoms with Crippen LogP contribution in [0.15, 0.2) is 24.5 Å². The van der Waals surface area contributed by atoms with Gasteiger partial charge in [0.15, 0.2) is 0 Å². The smallest absolute Gasteiger partial charge is 0.0451 e. The van der Waals surface area contributed by atoms with Gasteiger partial charge in [-0.25, -0.2) is 10.4 Å². The average molecular weight is 205 g/mol. The molecule has 0 bridgehead atoms. The van der Waals surface area contributed by atoms with Gasteiger partial charge in [0.05, 0.1) is 0 Å². The molecule has 3 heteroatoms. The Morgan fingerprint density at radius 1 is 1.33 bits per heavy atom. The highest BCUT2D eigenvalue weighted by atomic mass is 15.5. The number of nitrogens with zero attached hydrogens (tertiary/aromatic N) is 2. The van der Waals surface area contributed by atoms with E-state index in [1.807, 2.05) is 18.5 Å². The maximum Gasteiger partial charge on any atom is 0.0451 e. The molecule has 1 aromatic heterocycles. The van der Waals surface area contributed by atoms with Crippen LogP contribution in [0.3, 0.4) is 0 Å². The maximum atomic E-state index is 4.14. The first-order chi connectivity index (χ1) is 7.36. The Balaban J connectivity index is 1.88. The lowest BCUT2D eigenvalue weighted by Crippen LogP contribution is -2.42. The summed E-state index contributed by atoms with van der Waals surface area (Å²) < 4.78 is 0. The minimum Gasteiger partial charge on any atom is -0.264 e. The Hall–Kier alpha value is -0.930. The van der Waals surface area contributed by atoms with Gasteiger partial charge < -0.3 is 0 Å². The molecule has 82 valence electrons. The van der Waals surface area contributed by atoms with Crippen LogP contribution >= 0.6 is 0 Å². The third-order valence-electron chi connectivity index (χ3n) is 2.92. The van der Waals surface area contributed by atoms with Gasteiger partial charge >= 0.3 is 0 Å². The van der Waals surface area contributed by atoms with Gasteiger partial charge in [-0.15, -0.1) is 0 Å². The molecule has 0 spiro atoms. The summed E-state index contributed by atoms with van der Waals surface area (Å²) in [6.45, 7) is 4.53. The van der Waals surface area contributed by atoms with Crippen LogP contribution in [0.5, 0.6) is 0 Å². The molecule has 1 N–H and O–H groups in total. The van der Waals surface area contributed by atoms with Crippen molar-refractivity contribution in [3.63, 3.8) is 0 Å². The van der Waals surface area contributed by atoms with Gasteiger partial charge in [0.1, 0.15) is 0 Å². The highest BCUT2D eigenvalue weighted by Gasteiger charge is 2.13. The molecule has 1 aliphatic heterocycles. The van der Waals surface area contributed by atoms with Crippen LogP contribution in [0, 0.1) is 0 Å². The van der Waals surface area contributed by atoms with E-state index in [0.29, 0.717) is 6.04 Å². The van der Waals surface area contributed by atoms with Crippen LogP contribution in [0.2, 0.25) is 0 Å². The Morgan fingerprint density at radius 3 is 2.80 bits per heavy atom. The van der Waals surface area contributed by atoms with Gasteiger partial charge in [0.25, 0.3) is 0 Å². The van der Waals surface area contributed by atoms with Crippen LogP contribution in [-0.2, 0) is 0 Å². The molecular formula is C12H19N3. The second kappa shape index (κ2) is 5.24. The number of hydrogen-bond donors (Lipinski definition) is 1. The highest BCUT2D eigenvalue weighted by molar-refractivity contribution is 5.12. The zero-order valence-electron chi connectivity index (χ0n) is 9.32. The van der Waals surface area contributed by atoms with E-state index < -0.39 is 0 Å². The van der Waals surface area contributed by atoms with Gasteiger partial charge in [-0.2, -0.15) is 0 Å². The van der Waals surface area contributed by atoms with E-state index in [2.05, 4.69) is 28.4 Å². The highest BCUT2D eigenvalue weighted by Crippen LogP contribution is 2.13. The number of rotatable bonds is 3. The molecule has 0 aliphatic carbocycles. The lowest BCUT2D eigenvalue weighted by Gasteiger charge is -2.30. The molecule has 1 aromatic rings. The molecule has 1 aliphatic rings. The van der Waals surface area contributed by atoms with Crippen LogP contribution in [-0.4, -0.2) is 23.1 Å². The molecule has 1 saturated heterocycles. The van der Waals surface area contributed by atoms with E-state index in [4.69, 9.17) is 0 Å². The van der Waals surface area contributed by atoms with Crippen molar-refractivity contribution in [2.45, 2.75) is 32.2 Å². The van der Waals surface area contributed by atoms with Crippen molar-refractivity contribution in [1.29, 1.82) is 0 Å². The van der Waals surface area contributed by atoms with Gasteiger partial charge in [-0.05, 0) is 31.4 Å². The number of hydrazine groups is 1. The molecule has 15 heavy (non-hydrogen) atoms. The SMILES string of the molecule is CC(NN1CCCCC1)c1cccnc1. The van der Waals surface area contributed by atoms with Crippen molar-refractivity contribution >= 4 is 0 Å². The van der Waals surface area contributed by atoms with Gasteiger partial charge in [0.2, 0.25) is 0 Å². The number of aromatic nitrogens is 1. The van der Waals surface area contributed by atoms with E-state index in [0.717, 1.165) is 0 Å². The molecule has 0 aromatic carbocycles. The fourth-order valence-electron chi connectivity index (χ4n) is 2.00. The molecule has 0 amide bonds. The van der Waals surface area contributed by atoms with Crippen molar-refractivity contribution in [1.82, 2.24) is 15.4 Å². The lowest BCUT2D eigenvalue weighted by atomic mass is 10.1. The maximum absolute atomic E-state index is 4.14. The van der Waals surface area contributed by atoms with E-state index in [1.165, 1.54) is 37.9 Å². The first-order valence-electron chi connectivity index (χ1n) is 5.77. The zero-order chi connectivity index (χ0) is 10.5. The summed E-state index contributed by atoms with van der Waals surface area (Å²) in [4.78, 5) is 4.14. The Morgan fingerprint density at radius 2 is 2.13 bits per heavy atom. The quantitative estimate of drug-likeness (QED) is 0.819. The van der Waals surface area contributed by atoms with Crippen molar-refractivity contribution in [2.75, 3.05) is 13.1 Å². The standard InChI is InChI=1S/C12H19N3/c1-11(12-6-5-7-13-10-12)14-15-8-3-2-4-9-15/h5-7,10-11,14H,2-4,8-9H2,1H3. The topological polar surface area (TPSA) is 28.2 Å².